The lowest BCUT2D eigenvalue weighted by Gasteiger charge is -2.45. The zero-order chi connectivity index (χ0) is 17.8. The van der Waals surface area contributed by atoms with Crippen molar-refractivity contribution in [2.45, 2.75) is 43.8 Å². The van der Waals surface area contributed by atoms with Crippen LogP contribution in [0.1, 0.15) is 30.6 Å². The molecular weight excluding hydrogens is 350 g/mol. The largest absolute Gasteiger partial charge is 0.460 e. The summed E-state index contributed by atoms with van der Waals surface area (Å²) in [5.74, 6) is 0.212. The number of carbonyl (C=O) groups is 1. The number of rotatable bonds is 4. The average molecular weight is 373 g/mol. The molecule has 0 radical (unpaired) electrons. The number of aromatic nitrogens is 2. The van der Waals surface area contributed by atoms with Gasteiger partial charge in [0.15, 0.2) is 0 Å². The molecule has 4 rings (SSSR count). The highest BCUT2D eigenvalue weighted by atomic mass is 32.1. The van der Waals surface area contributed by atoms with E-state index in [4.69, 9.17) is 9.47 Å². The molecule has 2 fully saturated rings. The predicted molar refractivity (Wildman–Crippen MR) is 98.2 cm³/mol. The zero-order valence-electron chi connectivity index (χ0n) is 14.7. The topological polar surface area (TPSA) is 64.6 Å². The molecule has 2 aromatic rings. The first-order valence-electron chi connectivity index (χ1n) is 9.10. The van der Waals surface area contributed by atoms with Crippen molar-refractivity contribution in [3.05, 3.63) is 40.8 Å². The highest BCUT2D eigenvalue weighted by molar-refractivity contribution is 7.10. The van der Waals surface area contributed by atoms with Crippen molar-refractivity contribution >= 4 is 17.2 Å². The Hall–Kier alpha value is -1.99. The Morgan fingerprint density at radius 2 is 2.12 bits per heavy atom. The predicted octanol–water partition coefficient (Wildman–Crippen LogP) is 2.70. The molecule has 1 amide bonds. The summed E-state index contributed by atoms with van der Waals surface area (Å²) in [6, 6.07) is 6.22. The summed E-state index contributed by atoms with van der Waals surface area (Å²) in [5, 5.41) is 2.01. The summed E-state index contributed by atoms with van der Waals surface area (Å²) in [6.45, 7) is 2.18. The van der Waals surface area contributed by atoms with Gasteiger partial charge in [-0.1, -0.05) is 6.07 Å². The lowest BCUT2D eigenvalue weighted by Crippen LogP contribution is -2.52. The third-order valence-corrected chi connectivity index (χ3v) is 6.07. The molecule has 0 aromatic carbocycles. The molecule has 1 atom stereocenters. The number of amides is 1. The van der Waals surface area contributed by atoms with E-state index in [0.29, 0.717) is 19.0 Å². The van der Waals surface area contributed by atoms with Crippen LogP contribution in [0, 0.1) is 0 Å². The fourth-order valence-electron chi connectivity index (χ4n) is 3.76. The maximum atomic E-state index is 12.5. The standard InChI is InChI=1S/C19H23N3O3S/c23-17(13-16-3-1-12-26-16)22-9-5-19(6-10-22)14-15(4-11-24-19)25-18-20-7-2-8-21-18/h1-3,7-8,12,15H,4-6,9-11,13-14H2. The van der Waals surface area contributed by atoms with E-state index in [1.165, 1.54) is 0 Å². The molecule has 4 heterocycles. The summed E-state index contributed by atoms with van der Waals surface area (Å²) in [6.07, 6.45) is 7.35. The van der Waals surface area contributed by atoms with Crippen LogP contribution in [0.5, 0.6) is 6.01 Å². The van der Waals surface area contributed by atoms with Gasteiger partial charge in [-0.25, -0.2) is 9.97 Å². The highest BCUT2D eigenvalue weighted by Gasteiger charge is 2.42. The Morgan fingerprint density at radius 3 is 2.85 bits per heavy atom. The van der Waals surface area contributed by atoms with Crippen LogP contribution < -0.4 is 4.74 Å². The molecule has 6 nitrogen and oxygen atoms in total. The highest BCUT2D eigenvalue weighted by Crippen LogP contribution is 2.36. The normalized spacial score (nSPS) is 22.3. The Balaban J connectivity index is 1.31. The molecule has 26 heavy (non-hydrogen) atoms. The van der Waals surface area contributed by atoms with Gasteiger partial charge < -0.3 is 14.4 Å². The fourth-order valence-corrected chi connectivity index (χ4v) is 4.46. The Labute approximate surface area is 157 Å². The van der Waals surface area contributed by atoms with E-state index >= 15 is 0 Å². The first-order valence-corrected chi connectivity index (χ1v) is 9.98. The molecule has 2 aliphatic rings. The molecule has 1 spiro atoms. The summed E-state index contributed by atoms with van der Waals surface area (Å²) in [4.78, 5) is 23.9. The zero-order valence-corrected chi connectivity index (χ0v) is 15.5. The van der Waals surface area contributed by atoms with Crippen molar-refractivity contribution < 1.29 is 14.3 Å². The molecule has 2 aromatic heterocycles. The molecule has 138 valence electrons. The second-order valence-electron chi connectivity index (χ2n) is 6.93. The molecule has 0 saturated carbocycles. The third-order valence-electron chi connectivity index (χ3n) is 5.19. The number of carbonyl (C=O) groups excluding carboxylic acids is 1. The number of thiophene rings is 1. The number of nitrogens with zero attached hydrogens (tertiary/aromatic N) is 3. The lowest BCUT2D eigenvalue weighted by molar-refractivity contribution is -0.151. The van der Waals surface area contributed by atoms with Crippen LogP contribution in [-0.4, -0.2) is 52.2 Å². The SMILES string of the molecule is O=C(Cc1cccs1)N1CCC2(CC1)CC(Oc1ncccn1)CCO2. The van der Waals surface area contributed by atoms with Gasteiger partial charge in [0.1, 0.15) is 6.10 Å². The molecule has 2 aliphatic heterocycles. The minimum absolute atomic E-state index is 0.0690. The van der Waals surface area contributed by atoms with Gasteiger partial charge in [-0.3, -0.25) is 4.79 Å². The summed E-state index contributed by atoms with van der Waals surface area (Å²) in [7, 11) is 0. The minimum atomic E-state index is -0.183. The van der Waals surface area contributed by atoms with E-state index < -0.39 is 0 Å². The van der Waals surface area contributed by atoms with E-state index in [-0.39, 0.29) is 17.6 Å². The second-order valence-corrected chi connectivity index (χ2v) is 7.96. The van der Waals surface area contributed by atoms with Crippen LogP contribution >= 0.6 is 11.3 Å². The number of likely N-dealkylation sites (tertiary alicyclic amines) is 1. The lowest BCUT2D eigenvalue weighted by atomic mass is 9.83. The maximum Gasteiger partial charge on any atom is 0.316 e. The summed E-state index contributed by atoms with van der Waals surface area (Å²) >= 11 is 1.64. The molecule has 1 unspecified atom stereocenters. The van der Waals surface area contributed by atoms with Gasteiger partial charge >= 0.3 is 6.01 Å². The van der Waals surface area contributed by atoms with Gasteiger partial charge in [-0.15, -0.1) is 11.3 Å². The monoisotopic (exact) mass is 373 g/mol. The van der Waals surface area contributed by atoms with Crippen LogP contribution in [-0.2, 0) is 16.0 Å². The van der Waals surface area contributed by atoms with Crippen LogP contribution in [0.2, 0.25) is 0 Å². The first kappa shape index (κ1) is 17.4. The molecule has 0 N–H and O–H groups in total. The van der Waals surface area contributed by atoms with E-state index in [9.17, 15) is 4.79 Å². The van der Waals surface area contributed by atoms with Gasteiger partial charge in [-0.2, -0.15) is 0 Å². The number of ether oxygens (including phenoxy) is 2. The number of hydrogen-bond donors (Lipinski definition) is 0. The molecular formula is C19H23N3O3S. The van der Waals surface area contributed by atoms with Crippen LogP contribution in [0.3, 0.4) is 0 Å². The minimum Gasteiger partial charge on any atom is -0.460 e. The van der Waals surface area contributed by atoms with Gasteiger partial charge in [0.2, 0.25) is 5.91 Å². The van der Waals surface area contributed by atoms with Crippen molar-refractivity contribution in [3.8, 4) is 6.01 Å². The molecule has 0 bridgehead atoms. The van der Waals surface area contributed by atoms with Crippen molar-refractivity contribution in [1.82, 2.24) is 14.9 Å². The van der Waals surface area contributed by atoms with E-state index in [1.807, 2.05) is 22.4 Å². The first-order chi connectivity index (χ1) is 12.7. The Kier molecular flexibility index (Phi) is 5.17. The van der Waals surface area contributed by atoms with Gasteiger partial charge in [0.25, 0.3) is 0 Å². The average Bonchev–Trinajstić information content (AvgIpc) is 3.16. The quantitative estimate of drug-likeness (QED) is 0.824. The van der Waals surface area contributed by atoms with Gasteiger partial charge in [-0.05, 0) is 30.4 Å². The van der Waals surface area contributed by atoms with Crippen molar-refractivity contribution in [3.63, 3.8) is 0 Å². The number of piperidine rings is 1. The smallest absolute Gasteiger partial charge is 0.316 e. The maximum absolute atomic E-state index is 12.5. The fraction of sp³-hybridized carbons (Fsp3) is 0.526. The van der Waals surface area contributed by atoms with Crippen molar-refractivity contribution in [1.29, 1.82) is 0 Å². The summed E-state index contributed by atoms with van der Waals surface area (Å²) in [5.41, 5.74) is -0.183. The Bertz CT molecular complexity index is 715. The van der Waals surface area contributed by atoms with E-state index in [1.54, 1.807) is 29.8 Å². The summed E-state index contributed by atoms with van der Waals surface area (Å²) < 4.78 is 12.1. The second kappa shape index (κ2) is 7.72. The van der Waals surface area contributed by atoms with Gasteiger partial charge in [0.05, 0.1) is 18.6 Å². The molecule has 2 saturated heterocycles. The van der Waals surface area contributed by atoms with E-state index in [0.717, 1.165) is 43.6 Å². The van der Waals surface area contributed by atoms with Gasteiger partial charge in [0, 0.05) is 43.2 Å². The third kappa shape index (κ3) is 4.04. The van der Waals surface area contributed by atoms with Crippen LogP contribution in [0.15, 0.2) is 36.0 Å². The molecule has 0 aliphatic carbocycles. The van der Waals surface area contributed by atoms with Crippen LogP contribution in [0.4, 0.5) is 0 Å². The Morgan fingerprint density at radius 1 is 1.31 bits per heavy atom. The number of hydrogen-bond acceptors (Lipinski definition) is 6. The van der Waals surface area contributed by atoms with Crippen molar-refractivity contribution in [2.75, 3.05) is 19.7 Å². The molecule has 7 heteroatoms. The van der Waals surface area contributed by atoms with Crippen LogP contribution in [0.25, 0.3) is 0 Å². The van der Waals surface area contributed by atoms with E-state index in [2.05, 4.69) is 9.97 Å². The van der Waals surface area contributed by atoms with Crippen molar-refractivity contribution in [2.24, 2.45) is 0 Å².